The van der Waals surface area contributed by atoms with Crippen molar-refractivity contribution in [2.75, 3.05) is 7.11 Å². The number of aryl methyl sites for hydroxylation is 1. The molecular formula is C15H20O4S. The highest BCUT2D eigenvalue weighted by Crippen LogP contribution is 2.48. The molecule has 4 atom stereocenters. The lowest BCUT2D eigenvalue weighted by Gasteiger charge is -2.27. The molecule has 2 bridgehead atoms. The van der Waals surface area contributed by atoms with E-state index < -0.39 is 10.1 Å². The summed E-state index contributed by atoms with van der Waals surface area (Å²) in [6, 6.07) is 6.78. The van der Waals surface area contributed by atoms with Gasteiger partial charge in [-0.05, 0) is 44.2 Å². The van der Waals surface area contributed by atoms with Crippen LogP contribution < -0.4 is 0 Å². The van der Waals surface area contributed by atoms with Crippen LogP contribution in [0, 0.1) is 18.8 Å². The normalized spacial score (nSPS) is 32.7. The fourth-order valence-corrected chi connectivity index (χ4v) is 4.66. The van der Waals surface area contributed by atoms with Crippen molar-refractivity contribution in [1.29, 1.82) is 0 Å². The number of rotatable bonds is 4. The maximum Gasteiger partial charge on any atom is 0.297 e. The lowest BCUT2D eigenvalue weighted by atomic mass is 9.95. The van der Waals surface area contributed by atoms with Gasteiger partial charge < -0.3 is 4.74 Å². The Kier molecular flexibility index (Phi) is 3.60. The van der Waals surface area contributed by atoms with Gasteiger partial charge in [-0.1, -0.05) is 17.7 Å². The second-order valence-corrected chi connectivity index (χ2v) is 7.49. The quantitative estimate of drug-likeness (QED) is 0.801. The van der Waals surface area contributed by atoms with Crippen molar-refractivity contribution >= 4 is 10.1 Å². The summed E-state index contributed by atoms with van der Waals surface area (Å²) in [5.41, 5.74) is 1.03. The standard InChI is InChI=1S/C15H20O4S/c1-10-3-5-12(6-4-10)20(16,17)19-15-9-11-7-13(15)14(8-11)18-2/h3-6,11,13-15H,7-9H2,1-2H3/t11-,13+,14+,15+/m0/s1. The first kappa shape index (κ1) is 14.0. The Labute approximate surface area is 120 Å². The second kappa shape index (κ2) is 5.13. The molecule has 0 saturated heterocycles. The Morgan fingerprint density at radius 2 is 1.70 bits per heavy atom. The van der Waals surface area contributed by atoms with Crippen molar-refractivity contribution in [2.45, 2.75) is 43.3 Å². The van der Waals surface area contributed by atoms with Gasteiger partial charge in [-0.25, -0.2) is 0 Å². The molecule has 110 valence electrons. The van der Waals surface area contributed by atoms with Gasteiger partial charge in [0.05, 0.1) is 17.1 Å². The van der Waals surface area contributed by atoms with Crippen LogP contribution in [0.2, 0.25) is 0 Å². The molecule has 1 aromatic rings. The highest BCUT2D eigenvalue weighted by molar-refractivity contribution is 7.86. The number of hydrogen-bond acceptors (Lipinski definition) is 4. The lowest BCUT2D eigenvalue weighted by molar-refractivity contribution is 0.00513. The molecule has 1 aromatic carbocycles. The smallest absolute Gasteiger partial charge is 0.297 e. The summed E-state index contributed by atoms with van der Waals surface area (Å²) in [6.45, 7) is 1.93. The number of benzene rings is 1. The zero-order valence-corrected chi connectivity index (χ0v) is 12.6. The first-order valence-corrected chi connectivity index (χ1v) is 8.43. The van der Waals surface area contributed by atoms with Crippen molar-refractivity contribution in [3.8, 4) is 0 Å². The maximum absolute atomic E-state index is 12.3. The van der Waals surface area contributed by atoms with Gasteiger partial charge in [-0.15, -0.1) is 0 Å². The average Bonchev–Trinajstić information content (AvgIpc) is 2.97. The molecular weight excluding hydrogens is 276 g/mol. The van der Waals surface area contributed by atoms with Gasteiger partial charge in [0.25, 0.3) is 10.1 Å². The van der Waals surface area contributed by atoms with Crippen LogP contribution in [0.5, 0.6) is 0 Å². The molecule has 0 N–H and O–H groups in total. The number of fused-ring (bicyclic) bond motifs is 2. The molecule has 20 heavy (non-hydrogen) atoms. The van der Waals surface area contributed by atoms with Gasteiger partial charge in [-0.3, -0.25) is 4.18 Å². The highest BCUT2D eigenvalue weighted by atomic mass is 32.2. The third-order valence-electron chi connectivity index (χ3n) is 4.55. The molecule has 0 aliphatic heterocycles. The molecule has 0 unspecified atom stereocenters. The van der Waals surface area contributed by atoms with Crippen LogP contribution in [0.4, 0.5) is 0 Å². The Balaban J connectivity index is 1.76. The van der Waals surface area contributed by atoms with Crippen LogP contribution >= 0.6 is 0 Å². The predicted octanol–water partition coefficient (Wildman–Crippen LogP) is 2.51. The molecule has 0 heterocycles. The van der Waals surface area contributed by atoms with Crippen LogP contribution in [0.1, 0.15) is 24.8 Å². The minimum atomic E-state index is -3.67. The van der Waals surface area contributed by atoms with Gasteiger partial charge in [0, 0.05) is 13.0 Å². The molecule has 2 aliphatic carbocycles. The lowest BCUT2D eigenvalue weighted by Crippen LogP contribution is -2.33. The molecule has 2 saturated carbocycles. The second-order valence-electron chi connectivity index (χ2n) is 5.91. The first-order chi connectivity index (χ1) is 9.49. The van der Waals surface area contributed by atoms with E-state index in [0.29, 0.717) is 5.92 Å². The largest absolute Gasteiger partial charge is 0.381 e. The molecule has 0 spiro atoms. The van der Waals surface area contributed by atoms with Gasteiger partial charge in [0.15, 0.2) is 0 Å². The SMILES string of the molecule is CO[C@@H]1C[C@@H]2C[C@H]1[C@H](OS(=O)(=O)c1ccc(C)cc1)C2. The van der Waals surface area contributed by atoms with Crippen LogP contribution in [0.25, 0.3) is 0 Å². The minimum absolute atomic E-state index is 0.145. The van der Waals surface area contributed by atoms with E-state index in [2.05, 4.69) is 0 Å². The number of ether oxygens (including phenoxy) is 1. The van der Waals surface area contributed by atoms with Crippen molar-refractivity contribution < 1.29 is 17.3 Å². The maximum atomic E-state index is 12.3. The van der Waals surface area contributed by atoms with E-state index in [-0.39, 0.29) is 23.0 Å². The minimum Gasteiger partial charge on any atom is -0.381 e. The van der Waals surface area contributed by atoms with Crippen molar-refractivity contribution in [3.05, 3.63) is 29.8 Å². The van der Waals surface area contributed by atoms with Crippen LogP contribution in [0.3, 0.4) is 0 Å². The Morgan fingerprint density at radius 1 is 1.05 bits per heavy atom. The van der Waals surface area contributed by atoms with E-state index in [1.807, 2.05) is 6.92 Å². The summed E-state index contributed by atoms with van der Waals surface area (Å²) in [6.07, 6.45) is 2.80. The van der Waals surface area contributed by atoms with E-state index in [0.717, 1.165) is 24.8 Å². The van der Waals surface area contributed by atoms with Crippen LogP contribution in [-0.4, -0.2) is 27.7 Å². The number of methoxy groups -OCH3 is 1. The predicted molar refractivity (Wildman–Crippen MR) is 74.9 cm³/mol. The third kappa shape index (κ3) is 2.50. The zero-order chi connectivity index (χ0) is 14.3. The summed E-state index contributed by atoms with van der Waals surface area (Å²) in [5, 5.41) is 0. The van der Waals surface area contributed by atoms with E-state index in [9.17, 15) is 8.42 Å². The first-order valence-electron chi connectivity index (χ1n) is 7.02. The molecule has 4 nitrogen and oxygen atoms in total. The molecule has 5 heteroatoms. The Morgan fingerprint density at radius 3 is 2.30 bits per heavy atom. The summed E-state index contributed by atoms with van der Waals surface area (Å²) in [7, 11) is -1.98. The van der Waals surface area contributed by atoms with Gasteiger partial charge in [-0.2, -0.15) is 8.42 Å². The summed E-state index contributed by atoms with van der Waals surface area (Å²) < 4.78 is 35.5. The molecule has 3 rings (SSSR count). The van der Waals surface area contributed by atoms with Crippen LogP contribution in [0.15, 0.2) is 29.2 Å². The van der Waals surface area contributed by atoms with Gasteiger partial charge >= 0.3 is 0 Å². The summed E-state index contributed by atoms with van der Waals surface area (Å²) >= 11 is 0. The molecule has 2 fully saturated rings. The third-order valence-corrected chi connectivity index (χ3v) is 5.90. The highest BCUT2D eigenvalue weighted by Gasteiger charge is 2.48. The van der Waals surface area contributed by atoms with Crippen molar-refractivity contribution in [3.63, 3.8) is 0 Å². The fourth-order valence-electron chi connectivity index (χ4n) is 3.53. The Hall–Kier alpha value is -0.910. The monoisotopic (exact) mass is 296 g/mol. The van der Waals surface area contributed by atoms with Crippen molar-refractivity contribution in [2.24, 2.45) is 11.8 Å². The van der Waals surface area contributed by atoms with E-state index in [1.165, 1.54) is 0 Å². The van der Waals surface area contributed by atoms with Crippen molar-refractivity contribution in [1.82, 2.24) is 0 Å². The zero-order valence-electron chi connectivity index (χ0n) is 11.8. The Bertz CT molecular complexity index is 578. The molecule has 0 amide bonds. The van der Waals surface area contributed by atoms with Gasteiger partial charge in [0.1, 0.15) is 0 Å². The molecule has 0 radical (unpaired) electrons. The summed E-state index contributed by atoms with van der Waals surface area (Å²) in [5.74, 6) is 0.758. The topological polar surface area (TPSA) is 52.6 Å². The summed E-state index contributed by atoms with van der Waals surface area (Å²) in [4.78, 5) is 0.236. The van der Waals surface area contributed by atoms with E-state index in [4.69, 9.17) is 8.92 Å². The number of hydrogen-bond donors (Lipinski definition) is 0. The van der Waals surface area contributed by atoms with E-state index >= 15 is 0 Å². The average molecular weight is 296 g/mol. The molecule has 2 aliphatic rings. The van der Waals surface area contributed by atoms with E-state index in [1.54, 1.807) is 31.4 Å². The van der Waals surface area contributed by atoms with Gasteiger partial charge in [0.2, 0.25) is 0 Å². The molecule has 0 aromatic heterocycles. The fraction of sp³-hybridized carbons (Fsp3) is 0.600. The van der Waals surface area contributed by atoms with Crippen LogP contribution in [-0.2, 0) is 19.0 Å².